The zero-order chi connectivity index (χ0) is 20.8. The van der Waals surface area contributed by atoms with Crippen LogP contribution in [0.2, 0.25) is 0 Å². The smallest absolute Gasteiger partial charge is 0.444 e. The molecule has 1 amide bonds. The predicted molar refractivity (Wildman–Crippen MR) is 94.6 cm³/mol. The minimum Gasteiger partial charge on any atom is -0.444 e. The molecule has 28 heavy (non-hydrogen) atoms. The van der Waals surface area contributed by atoms with Gasteiger partial charge in [-0.2, -0.15) is 0 Å². The van der Waals surface area contributed by atoms with Gasteiger partial charge in [-0.05, 0) is 69.6 Å². The number of hydrogen-bond acceptors (Lipinski definition) is 3. The number of halogens is 4. The fourth-order valence-corrected chi connectivity index (χ4v) is 4.16. The molecule has 8 heteroatoms. The number of amides is 1. The lowest BCUT2D eigenvalue weighted by molar-refractivity contribution is -0.274. The highest BCUT2D eigenvalue weighted by molar-refractivity contribution is 5.68. The Bertz CT molecular complexity index is 726. The van der Waals surface area contributed by atoms with Gasteiger partial charge in [0.2, 0.25) is 0 Å². The molecule has 0 atom stereocenters. The minimum atomic E-state index is -4.81. The molecular weight excluding hydrogens is 378 g/mol. The van der Waals surface area contributed by atoms with Gasteiger partial charge >= 0.3 is 12.5 Å². The van der Waals surface area contributed by atoms with E-state index < -0.39 is 23.4 Å². The van der Waals surface area contributed by atoms with Crippen molar-refractivity contribution in [1.82, 2.24) is 4.90 Å². The zero-order valence-corrected chi connectivity index (χ0v) is 16.2. The molecule has 2 fully saturated rings. The van der Waals surface area contributed by atoms with Gasteiger partial charge in [0.15, 0.2) is 0 Å². The van der Waals surface area contributed by atoms with Crippen LogP contribution < -0.4 is 4.74 Å². The maximum absolute atomic E-state index is 15.3. The second-order valence-corrected chi connectivity index (χ2v) is 8.86. The largest absolute Gasteiger partial charge is 0.573 e. The summed E-state index contributed by atoms with van der Waals surface area (Å²) in [4.78, 5) is 13.8. The molecule has 1 aromatic carbocycles. The average molecular weight is 403 g/mol. The second-order valence-electron chi connectivity index (χ2n) is 8.86. The highest BCUT2D eigenvalue weighted by Gasteiger charge is 2.57. The van der Waals surface area contributed by atoms with E-state index in [1.165, 1.54) is 12.1 Å². The summed E-state index contributed by atoms with van der Waals surface area (Å²) in [5, 5.41) is 0. The molecule has 2 aliphatic rings. The Hall–Kier alpha value is -1.99. The maximum Gasteiger partial charge on any atom is 0.573 e. The fourth-order valence-electron chi connectivity index (χ4n) is 4.16. The van der Waals surface area contributed by atoms with Gasteiger partial charge in [-0.25, -0.2) is 9.18 Å². The topological polar surface area (TPSA) is 38.8 Å². The van der Waals surface area contributed by atoms with Crippen LogP contribution in [0.5, 0.6) is 5.75 Å². The van der Waals surface area contributed by atoms with Crippen LogP contribution in [0.15, 0.2) is 24.3 Å². The highest BCUT2D eigenvalue weighted by atomic mass is 19.4. The third kappa shape index (κ3) is 4.70. The lowest BCUT2D eigenvalue weighted by Crippen LogP contribution is -2.54. The van der Waals surface area contributed by atoms with E-state index in [2.05, 4.69) is 4.74 Å². The Morgan fingerprint density at radius 1 is 1.11 bits per heavy atom. The number of likely N-dealkylation sites (tertiary alicyclic amines) is 1. The molecular formula is C20H25F4NO3. The number of alkyl halides is 4. The molecule has 1 saturated heterocycles. The third-order valence-corrected chi connectivity index (χ3v) is 5.37. The standard InChI is InChI=1S/C20H25F4NO3/c1-17(2,3)28-16(26)25-9-7-18(8-10-25)12-19(21,13-18)14-5-4-6-15(11-14)27-20(22,23)24/h4-6,11H,7-10,12-13H2,1-3H3. The number of piperidine rings is 1. The Morgan fingerprint density at radius 3 is 2.25 bits per heavy atom. The third-order valence-electron chi connectivity index (χ3n) is 5.37. The van der Waals surface area contributed by atoms with Crippen LogP contribution >= 0.6 is 0 Å². The molecule has 3 rings (SSSR count). The Balaban J connectivity index is 1.59. The van der Waals surface area contributed by atoms with Crippen molar-refractivity contribution in [2.45, 2.75) is 64.1 Å². The van der Waals surface area contributed by atoms with E-state index in [9.17, 15) is 18.0 Å². The Labute approximate surface area is 161 Å². The van der Waals surface area contributed by atoms with Crippen molar-refractivity contribution in [3.05, 3.63) is 29.8 Å². The lowest BCUT2D eigenvalue weighted by Gasteiger charge is -2.55. The monoisotopic (exact) mass is 403 g/mol. The number of hydrogen-bond donors (Lipinski definition) is 0. The van der Waals surface area contributed by atoms with E-state index in [1.807, 2.05) is 0 Å². The van der Waals surface area contributed by atoms with Crippen molar-refractivity contribution in [1.29, 1.82) is 0 Å². The summed E-state index contributed by atoms with van der Waals surface area (Å²) in [6.07, 6.45) is -3.41. The molecule has 1 heterocycles. The van der Waals surface area contributed by atoms with Gasteiger partial charge in [0.05, 0.1) is 0 Å². The molecule has 1 aliphatic carbocycles. The van der Waals surface area contributed by atoms with E-state index in [-0.39, 0.29) is 29.9 Å². The van der Waals surface area contributed by atoms with Crippen molar-refractivity contribution >= 4 is 6.09 Å². The molecule has 0 bridgehead atoms. The van der Waals surface area contributed by atoms with Gasteiger partial charge in [-0.1, -0.05) is 12.1 Å². The number of rotatable bonds is 2. The summed E-state index contributed by atoms with van der Waals surface area (Å²) < 4.78 is 61.8. The van der Waals surface area contributed by atoms with Crippen LogP contribution in [0.4, 0.5) is 22.4 Å². The van der Waals surface area contributed by atoms with Gasteiger partial charge in [0.1, 0.15) is 17.0 Å². The molecule has 4 nitrogen and oxygen atoms in total. The number of ether oxygens (including phenoxy) is 2. The van der Waals surface area contributed by atoms with Gasteiger partial charge in [-0.3, -0.25) is 0 Å². The Morgan fingerprint density at radius 2 is 1.71 bits per heavy atom. The number of nitrogens with zero attached hydrogens (tertiary/aromatic N) is 1. The second kappa shape index (κ2) is 6.81. The van der Waals surface area contributed by atoms with Crippen LogP contribution in [0.3, 0.4) is 0 Å². The number of carbonyl (C=O) groups excluding carboxylic acids is 1. The average Bonchev–Trinajstić information content (AvgIpc) is 2.51. The van der Waals surface area contributed by atoms with E-state index in [0.717, 1.165) is 12.1 Å². The van der Waals surface area contributed by atoms with Gasteiger partial charge in [0.25, 0.3) is 0 Å². The van der Waals surface area contributed by atoms with E-state index in [0.29, 0.717) is 25.9 Å². The lowest BCUT2D eigenvalue weighted by atomic mass is 9.54. The molecule has 0 unspecified atom stereocenters. The summed E-state index contributed by atoms with van der Waals surface area (Å²) in [5.74, 6) is -0.414. The fraction of sp³-hybridized carbons (Fsp3) is 0.650. The molecule has 1 aliphatic heterocycles. The van der Waals surface area contributed by atoms with Crippen molar-refractivity contribution < 1.29 is 31.8 Å². The van der Waals surface area contributed by atoms with Crippen molar-refractivity contribution in [2.24, 2.45) is 5.41 Å². The van der Waals surface area contributed by atoms with Crippen LogP contribution in [0.1, 0.15) is 52.0 Å². The van der Waals surface area contributed by atoms with E-state index in [1.54, 1.807) is 25.7 Å². The van der Waals surface area contributed by atoms with Gasteiger partial charge in [-0.15, -0.1) is 13.2 Å². The highest BCUT2D eigenvalue weighted by Crippen LogP contribution is 2.61. The molecule has 0 N–H and O–H groups in total. The maximum atomic E-state index is 15.3. The summed E-state index contributed by atoms with van der Waals surface area (Å²) in [5.41, 5.74) is -2.26. The number of carbonyl (C=O) groups is 1. The Kier molecular flexibility index (Phi) is 5.04. The molecule has 156 valence electrons. The first kappa shape index (κ1) is 20.7. The first-order valence-corrected chi connectivity index (χ1v) is 9.33. The zero-order valence-electron chi connectivity index (χ0n) is 16.2. The summed E-state index contributed by atoms with van der Waals surface area (Å²) in [6.45, 7) is 6.38. The molecule has 1 aromatic rings. The number of benzene rings is 1. The summed E-state index contributed by atoms with van der Waals surface area (Å²) in [7, 11) is 0. The van der Waals surface area contributed by atoms with Gasteiger partial charge in [0, 0.05) is 13.1 Å². The molecule has 0 aromatic heterocycles. The minimum absolute atomic E-state index is 0.203. The summed E-state index contributed by atoms with van der Waals surface area (Å²) >= 11 is 0. The van der Waals surface area contributed by atoms with Crippen molar-refractivity contribution in [3.8, 4) is 5.75 Å². The van der Waals surface area contributed by atoms with E-state index in [4.69, 9.17) is 4.74 Å². The first-order valence-electron chi connectivity index (χ1n) is 9.33. The SMILES string of the molecule is CC(C)(C)OC(=O)N1CCC2(CC1)CC(F)(c1cccc(OC(F)(F)F)c1)C2. The van der Waals surface area contributed by atoms with Crippen molar-refractivity contribution in [2.75, 3.05) is 13.1 Å². The van der Waals surface area contributed by atoms with Crippen LogP contribution in [0, 0.1) is 5.41 Å². The normalized spacial score (nSPS) is 21.2. The van der Waals surface area contributed by atoms with Crippen molar-refractivity contribution in [3.63, 3.8) is 0 Å². The van der Waals surface area contributed by atoms with E-state index >= 15 is 4.39 Å². The molecule has 1 spiro atoms. The van der Waals surface area contributed by atoms with Crippen LogP contribution in [-0.4, -0.2) is 36.0 Å². The molecule has 0 radical (unpaired) electrons. The summed E-state index contributed by atoms with van der Waals surface area (Å²) in [6, 6.07) is 5.14. The predicted octanol–water partition coefficient (Wildman–Crippen LogP) is 5.56. The first-order chi connectivity index (χ1) is 12.8. The molecule has 1 saturated carbocycles. The van der Waals surface area contributed by atoms with Gasteiger partial charge < -0.3 is 14.4 Å². The van der Waals surface area contributed by atoms with Crippen LogP contribution in [0.25, 0.3) is 0 Å². The quantitative estimate of drug-likeness (QED) is 0.607. The van der Waals surface area contributed by atoms with Crippen LogP contribution in [-0.2, 0) is 10.4 Å².